The van der Waals surface area contributed by atoms with Gasteiger partial charge < -0.3 is 9.47 Å². The number of rotatable bonds is 3. The third kappa shape index (κ3) is 4.29. The molecule has 1 aromatic rings. The van der Waals surface area contributed by atoms with Crippen LogP contribution in [0.15, 0.2) is 18.2 Å². The smallest absolute Gasteiger partial charge is 0.494 e. The van der Waals surface area contributed by atoms with Crippen molar-refractivity contribution in [3.05, 3.63) is 23.2 Å². The molecule has 15 heavy (non-hydrogen) atoms. The normalized spacial score (nSPS) is 11.3. The highest BCUT2D eigenvalue weighted by Crippen LogP contribution is 2.30. The zero-order chi connectivity index (χ0) is 11.5. The molecule has 6 heteroatoms. The molecule has 0 spiro atoms. The van der Waals surface area contributed by atoms with Crippen molar-refractivity contribution in [2.75, 3.05) is 6.61 Å². The van der Waals surface area contributed by atoms with E-state index in [0.29, 0.717) is 6.61 Å². The first-order valence-corrected chi connectivity index (χ1v) is 4.47. The predicted molar refractivity (Wildman–Crippen MR) is 49.3 cm³/mol. The van der Waals surface area contributed by atoms with E-state index in [1.807, 2.05) is 0 Å². The van der Waals surface area contributed by atoms with Gasteiger partial charge >= 0.3 is 6.36 Å². The summed E-state index contributed by atoms with van der Waals surface area (Å²) < 4.78 is 44.4. The van der Waals surface area contributed by atoms with E-state index in [1.165, 1.54) is 6.07 Å². The van der Waals surface area contributed by atoms with Gasteiger partial charge in [-0.3, -0.25) is 0 Å². The fourth-order valence-electron chi connectivity index (χ4n) is 0.980. The molecule has 0 heterocycles. The molecule has 1 rings (SSSR count). The summed E-state index contributed by atoms with van der Waals surface area (Å²) in [5.41, 5.74) is 0. The molecule has 0 radical (unpaired) electrons. The molecule has 0 unspecified atom stereocenters. The number of hydrogen-bond acceptors (Lipinski definition) is 2. The van der Waals surface area contributed by atoms with Gasteiger partial charge in [-0.2, -0.15) is 0 Å². The van der Waals surface area contributed by atoms with Gasteiger partial charge in [-0.05, 0) is 19.1 Å². The number of ether oxygens (including phenoxy) is 2. The Kier molecular flexibility index (Phi) is 3.68. The average Bonchev–Trinajstić information content (AvgIpc) is 1.99. The zero-order valence-corrected chi connectivity index (χ0v) is 8.52. The number of alkyl halides is 3. The predicted octanol–water partition coefficient (Wildman–Crippen LogP) is 3.64. The highest BCUT2D eigenvalue weighted by molar-refractivity contribution is 6.30. The Bertz CT molecular complexity index is 339. The molecule has 0 saturated carbocycles. The second-order valence-corrected chi connectivity index (χ2v) is 3.04. The number of hydrogen-bond donors (Lipinski definition) is 0. The summed E-state index contributed by atoms with van der Waals surface area (Å²) in [6.45, 7) is 2.05. The summed E-state index contributed by atoms with van der Waals surface area (Å²) in [5, 5.41) is 0.125. The molecule has 0 aliphatic heterocycles. The van der Waals surface area contributed by atoms with E-state index >= 15 is 0 Å². The van der Waals surface area contributed by atoms with Crippen LogP contribution in [0.4, 0.5) is 13.2 Å². The fraction of sp³-hybridized carbons (Fsp3) is 0.333. The van der Waals surface area contributed by atoms with Crippen molar-refractivity contribution in [2.24, 2.45) is 0 Å². The lowest BCUT2D eigenvalue weighted by atomic mass is 10.3. The van der Waals surface area contributed by atoms with Crippen molar-refractivity contribution in [3.8, 4) is 11.5 Å². The monoisotopic (exact) mass is 240 g/mol. The minimum absolute atomic E-state index is 0.125. The molecule has 0 bridgehead atoms. The Morgan fingerprint density at radius 1 is 1.20 bits per heavy atom. The van der Waals surface area contributed by atoms with Crippen LogP contribution >= 0.6 is 11.6 Å². The van der Waals surface area contributed by atoms with Crippen LogP contribution in [0.3, 0.4) is 0 Å². The van der Waals surface area contributed by atoms with E-state index in [2.05, 4.69) is 4.74 Å². The summed E-state index contributed by atoms with van der Waals surface area (Å²) in [6, 6.07) is 3.61. The molecule has 0 fully saturated rings. The van der Waals surface area contributed by atoms with Crippen molar-refractivity contribution in [1.29, 1.82) is 0 Å². The van der Waals surface area contributed by atoms with Crippen LogP contribution < -0.4 is 9.47 Å². The quantitative estimate of drug-likeness (QED) is 0.803. The van der Waals surface area contributed by atoms with Crippen LogP contribution in [0, 0.1) is 0 Å². The van der Waals surface area contributed by atoms with Crippen LogP contribution in [-0.2, 0) is 0 Å². The molecule has 2 nitrogen and oxygen atoms in total. The molecule has 84 valence electrons. The van der Waals surface area contributed by atoms with Gasteiger partial charge in [0.2, 0.25) is 0 Å². The van der Waals surface area contributed by atoms with Crippen molar-refractivity contribution in [1.82, 2.24) is 0 Å². The highest BCUT2D eigenvalue weighted by atomic mass is 35.5. The standard InChI is InChI=1S/C9H8ClF3O2/c1-2-14-7-3-6(10)4-8(5-7)15-9(11,12)13/h3-5H,2H2,1H3. The topological polar surface area (TPSA) is 18.5 Å². The van der Waals surface area contributed by atoms with Gasteiger partial charge in [-0.1, -0.05) is 11.6 Å². The first-order valence-electron chi connectivity index (χ1n) is 4.10. The summed E-state index contributed by atoms with van der Waals surface area (Å²) in [7, 11) is 0. The molecule has 0 aromatic heterocycles. The molecule has 0 N–H and O–H groups in total. The second-order valence-electron chi connectivity index (χ2n) is 2.60. The molecule has 0 saturated heterocycles. The van der Waals surface area contributed by atoms with E-state index in [-0.39, 0.29) is 10.8 Å². The van der Waals surface area contributed by atoms with Crippen molar-refractivity contribution in [2.45, 2.75) is 13.3 Å². The summed E-state index contributed by atoms with van der Waals surface area (Å²) >= 11 is 5.59. The average molecular weight is 241 g/mol. The van der Waals surface area contributed by atoms with E-state index in [0.717, 1.165) is 12.1 Å². The number of benzene rings is 1. The van der Waals surface area contributed by atoms with Gasteiger partial charge in [0.05, 0.1) is 6.61 Å². The Hall–Kier alpha value is -1.10. The van der Waals surface area contributed by atoms with Crippen molar-refractivity contribution >= 4 is 11.6 Å². The molecule has 0 atom stereocenters. The fourth-order valence-corrected chi connectivity index (χ4v) is 1.19. The summed E-state index contributed by atoms with van der Waals surface area (Å²) in [6.07, 6.45) is -4.73. The molecule has 1 aromatic carbocycles. The van der Waals surface area contributed by atoms with Gasteiger partial charge in [-0.15, -0.1) is 13.2 Å². The van der Waals surface area contributed by atoms with Crippen molar-refractivity contribution in [3.63, 3.8) is 0 Å². The van der Waals surface area contributed by atoms with E-state index < -0.39 is 12.1 Å². The largest absolute Gasteiger partial charge is 0.573 e. The maximum Gasteiger partial charge on any atom is 0.573 e. The van der Waals surface area contributed by atoms with Crippen LogP contribution in [0.5, 0.6) is 11.5 Å². The number of halogens is 4. The Labute approximate surface area is 89.6 Å². The zero-order valence-electron chi connectivity index (χ0n) is 7.77. The van der Waals surface area contributed by atoms with Crippen LogP contribution in [-0.4, -0.2) is 13.0 Å². The minimum Gasteiger partial charge on any atom is -0.494 e. The van der Waals surface area contributed by atoms with Crippen LogP contribution in [0.25, 0.3) is 0 Å². The van der Waals surface area contributed by atoms with Gasteiger partial charge in [0, 0.05) is 11.1 Å². The van der Waals surface area contributed by atoms with Crippen LogP contribution in [0.2, 0.25) is 5.02 Å². The molecular formula is C9H8ClF3O2. The molecule has 0 amide bonds. The first kappa shape index (κ1) is 12.0. The van der Waals surface area contributed by atoms with Gasteiger partial charge in [0.25, 0.3) is 0 Å². The third-order valence-electron chi connectivity index (χ3n) is 1.39. The lowest BCUT2D eigenvalue weighted by molar-refractivity contribution is -0.274. The molecular weight excluding hydrogens is 233 g/mol. The van der Waals surface area contributed by atoms with Gasteiger partial charge in [-0.25, -0.2) is 0 Å². The van der Waals surface area contributed by atoms with E-state index in [9.17, 15) is 13.2 Å². The summed E-state index contributed by atoms with van der Waals surface area (Å²) in [5.74, 6) is -0.150. The Morgan fingerprint density at radius 3 is 2.33 bits per heavy atom. The van der Waals surface area contributed by atoms with Crippen molar-refractivity contribution < 1.29 is 22.6 Å². The minimum atomic E-state index is -4.73. The first-order chi connectivity index (χ1) is 6.90. The maximum absolute atomic E-state index is 11.9. The Balaban J connectivity index is 2.88. The van der Waals surface area contributed by atoms with Crippen LogP contribution in [0.1, 0.15) is 6.92 Å². The SMILES string of the molecule is CCOc1cc(Cl)cc(OC(F)(F)F)c1. The van der Waals surface area contributed by atoms with Gasteiger partial charge in [0.15, 0.2) is 0 Å². The lowest BCUT2D eigenvalue weighted by Crippen LogP contribution is -2.17. The summed E-state index contributed by atoms with van der Waals surface area (Å²) in [4.78, 5) is 0. The molecule has 0 aliphatic rings. The third-order valence-corrected chi connectivity index (χ3v) is 1.61. The van der Waals surface area contributed by atoms with Gasteiger partial charge in [0.1, 0.15) is 11.5 Å². The molecule has 0 aliphatic carbocycles. The Morgan fingerprint density at radius 2 is 1.80 bits per heavy atom. The second kappa shape index (κ2) is 4.61. The van der Waals surface area contributed by atoms with E-state index in [1.54, 1.807) is 6.92 Å². The highest BCUT2D eigenvalue weighted by Gasteiger charge is 2.31. The van der Waals surface area contributed by atoms with E-state index in [4.69, 9.17) is 16.3 Å². The maximum atomic E-state index is 11.9. The lowest BCUT2D eigenvalue weighted by Gasteiger charge is -2.10.